The van der Waals surface area contributed by atoms with Gasteiger partial charge in [-0.1, -0.05) is 0 Å². The number of aryl methyl sites for hydroxylation is 1. The highest BCUT2D eigenvalue weighted by molar-refractivity contribution is 7.92. The molecule has 0 saturated carbocycles. The van der Waals surface area contributed by atoms with Crippen molar-refractivity contribution in [3.05, 3.63) is 30.5 Å². The minimum Gasteiger partial charge on any atom is -0.482 e. The second-order valence-electron chi connectivity index (χ2n) is 4.49. The molecule has 1 aromatic carbocycles. The van der Waals surface area contributed by atoms with Crippen LogP contribution in [0.15, 0.2) is 35.4 Å². The van der Waals surface area contributed by atoms with Gasteiger partial charge in [-0.15, -0.1) is 5.10 Å². The summed E-state index contributed by atoms with van der Waals surface area (Å²) in [6.45, 7) is -0.503. The van der Waals surface area contributed by atoms with Gasteiger partial charge in [0.2, 0.25) is 0 Å². The van der Waals surface area contributed by atoms with E-state index in [2.05, 4.69) is 9.82 Å². The largest absolute Gasteiger partial charge is 0.482 e. The molecule has 0 bridgehead atoms. The molecule has 0 aliphatic rings. The second kappa shape index (κ2) is 6.57. The Morgan fingerprint density at radius 2 is 2.00 bits per heavy atom. The number of anilines is 1. The van der Waals surface area contributed by atoms with Crippen LogP contribution in [-0.2, 0) is 21.9 Å². The maximum atomic E-state index is 12.3. The van der Waals surface area contributed by atoms with Crippen molar-refractivity contribution in [2.24, 2.45) is 7.05 Å². The van der Waals surface area contributed by atoms with Gasteiger partial charge < -0.3 is 14.6 Å². The Labute approximate surface area is 132 Å². The summed E-state index contributed by atoms with van der Waals surface area (Å²) in [5.41, 5.74) is 0.209. The summed E-state index contributed by atoms with van der Waals surface area (Å²) in [7, 11) is -0.818. The van der Waals surface area contributed by atoms with Crippen LogP contribution < -0.4 is 14.2 Å². The molecular weight excluding hydrogens is 326 g/mol. The Kier molecular flexibility index (Phi) is 4.74. The standard InChI is InChI=1S/C13H15N3O6S/c1-16-7-11(13(14-16)21-2)15-23(19,20)10-5-3-9(4-6-10)22-8-12(17)18/h3-7,15H,8H2,1-2H3,(H,17,18). The van der Waals surface area contributed by atoms with Crippen molar-refractivity contribution in [3.63, 3.8) is 0 Å². The van der Waals surface area contributed by atoms with Gasteiger partial charge in [-0.25, -0.2) is 13.2 Å². The molecular formula is C13H15N3O6S. The number of carbonyl (C=O) groups is 1. The smallest absolute Gasteiger partial charge is 0.341 e. The predicted octanol–water partition coefficient (Wildman–Crippen LogP) is 0.693. The van der Waals surface area contributed by atoms with E-state index in [1.807, 2.05) is 0 Å². The summed E-state index contributed by atoms with van der Waals surface area (Å²) in [6, 6.07) is 5.36. The lowest BCUT2D eigenvalue weighted by Crippen LogP contribution is -2.13. The van der Waals surface area contributed by atoms with Crippen LogP contribution >= 0.6 is 0 Å². The van der Waals surface area contributed by atoms with Crippen LogP contribution in [0.2, 0.25) is 0 Å². The first-order chi connectivity index (χ1) is 10.8. The number of hydrogen-bond donors (Lipinski definition) is 2. The normalized spacial score (nSPS) is 11.0. The fraction of sp³-hybridized carbons (Fsp3) is 0.231. The fourth-order valence-corrected chi connectivity index (χ4v) is 2.79. The number of aliphatic carboxylic acids is 1. The molecule has 124 valence electrons. The molecule has 0 fully saturated rings. The van der Waals surface area contributed by atoms with Gasteiger partial charge in [0.1, 0.15) is 11.4 Å². The monoisotopic (exact) mass is 341 g/mol. The number of carboxylic acid groups (broad SMARTS) is 1. The predicted molar refractivity (Wildman–Crippen MR) is 80.1 cm³/mol. The Hall–Kier alpha value is -2.75. The Bertz CT molecular complexity index is 798. The van der Waals surface area contributed by atoms with Gasteiger partial charge in [-0.3, -0.25) is 9.40 Å². The highest BCUT2D eigenvalue weighted by atomic mass is 32.2. The highest BCUT2D eigenvalue weighted by Gasteiger charge is 2.18. The van der Waals surface area contributed by atoms with E-state index in [1.165, 1.54) is 42.3 Å². The van der Waals surface area contributed by atoms with E-state index in [0.29, 0.717) is 0 Å². The molecule has 23 heavy (non-hydrogen) atoms. The molecule has 1 aromatic heterocycles. The van der Waals surface area contributed by atoms with E-state index in [0.717, 1.165) is 0 Å². The van der Waals surface area contributed by atoms with Crippen molar-refractivity contribution < 1.29 is 27.8 Å². The summed E-state index contributed by atoms with van der Waals surface area (Å²) < 4.78 is 38.4. The average Bonchev–Trinajstić information content (AvgIpc) is 2.84. The molecule has 0 aliphatic carbocycles. The molecule has 0 radical (unpaired) electrons. The Balaban J connectivity index is 2.17. The maximum absolute atomic E-state index is 12.3. The summed E-state index contributed by atoms with van der Waals surface area (Å²) in [4.78, 5) is 10.4. The SMILES string of the molecule is COc1nn(C)cc1NS(=O)(=O)c1ccc(OCC(=O)O)cc1. The summed E-state index contributed by atoms with van der Waals surface area (Å²) >= 11 is 0. The zero-order chi connectivity index (χ0) is 17.0. The summed E-state index contributed by atoms with van der Waals surface area (Å²) in [5.74, 6) is -0.713. The molecule has 0 saturated heterocycles. The number of nitrogens with one attached hydrogen (secondary N) is 1. The first kappa shape index (κ1) is 16.6. The molecule has 1 heterocycles. The summed E-state index contributed by atoms with van der Waals surface area (Å²) in [5, 5.41) is 12.5. The molecule has 0 amide bonds. The van der Waals surface area contributed by atoms with Crippen molar-refractivity contribution in [1.82, 2.24) is 9.78 Å². The van der Waals surface area contributed by atoms with Crippen molar-refractivity contribution in [1.29, 1.82) is 0 Å². The number of rotatable bonds is 7. The number of carboxylic acids is 1. The van der Waals surface area contributed by atoms with E-state index in [4.69, 9.17) is 14.6 Å². The first-order valence-corrected chi connectivity index (χ1v) is 7.85. The van der Waals surface area contributed by atoms with E-state index in [-0.39, 0.29) is 22.2 Å². The third kappa shape index (κ3) is 4.13. The molecule has 2 rings (SSSR count). The lowest BCUT2D eigenvalue weighted by molar-refractivity contribution is -0.139. The summed E-state index contributed by atoms with van der Waals surface area (Å²) in [6.07, 6.45) is 1.47. The van der Waals surface area contributed by atoms with Crippen LogP contribution in [0.1, 0.15) is 0 Å². The molecule has 10 heteroatoms. The molecule has 0 unspecified atom stereocenters. The zero-order valence-electron chi connectivity index (χ0n) is 12.4. The van der Waals surface area contributed by atoms with Crippen molar-refractivity contribution in [3.8, 4) is 11.6 Å². The van der Waals surface area contributed by atoms with Gasteiger partial charge in [0.05, 0.1) is 18.2 Å². The number of benzene rings is 1. The molecule has 0 spiro atoms. The van der Waals surface area contributed by atoms with E-state index in [9.17, 15) is 13.2 Å². The van der Waals surface area contributed by atoms with Crippen LogP contribution in [0.4, 0.5) is 5.69 Å². The van der Waals surface area contributed by atoms with Gasteiger partial charge >= 0.3 is 5.97 Å². The number of nitrogens with zero attached hydrogens (tertiary/aromatic N) is 2. The van der Waals surface area contributed by atoms with E-state index < -0.39 is 22.6 Å². The number of methoxy groups -OCH3 is 1. The molecule has 2 N–H and O–H groups in total. The third-order valence-corrected chi connectivity index (χ3v) is 4.11. The highest BCUT2D eigenvalue weighted by Crippen LogP contribution is 2.25. The third-order valence-electron chi connectivity index (χ3n) is 2.73. The number of aromatic nitrogens is 2. The molecule has 9 nitrogen and oxygen atoms in total. The maximum Gasteiger partial charge on any atom is 0.341 e. The Morgan fingerprint density at radius 3 is 2.57 bits per heavy atom. The lowest BCUT2D eigenvalue weighted by Gasteiger charge is -2.08. The number of hydrogen-bond acceptors (Lipinski definition) is 6. The lowest BCUT2D eigenvalue weighted by atomic mass is 10.3. The van der Waals surface area contributed by atoms with Crippen LogP contribution in [-0.4, -0.2) is 43.0 Å². The zero-order valence-corrected chi connectivity index (χ0v) is 13.2. The van der Waals surface area contributed by atoms with Gasteiger partial charge in [0.25, 0.3) is 15.9 Å². The van der Waals surface area contributed by atoms with Gasteiger partial charge in [0, 0.05) is 7.05 Å². The average molecular weight is 341 g/mol. The van der Waals surface area contributed by atoms with Gasteiger partial charge in [-0.2, -0.15) is 0 Å². The van der Waals surface area contributed by atoms with Crippen molar-refractivity contribution in [2.75, 3.05) is 18.4 Å². The van der Waals surface area contributed by atoms with E-state index >= 15 is 0 Å². The quantitative estimate of drug-likeness (QED) is 0.760. The van der Waals surface area contributed by atoms with Gasteiger partial charge in [0.15, 0.2) is 6.61 Å². The fourth-order valence-electron chi connectivity index (χ4n) is 1.75. The minimum absolute atomic E-state index is 0.00826. The number of ether oxygens (including phenoxy) is 2. The number of sulfonamides is 1. The molecule has 2 aromatic rings. The minimum atomic E-state index is -3.84. The topological polar surface area (TPSA) is 120 Å². The van der Waals surface area contributed by atoms with Crippen molar-refractivity contribution >= 4 is 21.7 Å². The first-order valence-electron chi connectivity index (χ1n) is 6.37. The van der Waals surface area contributed by atoms with Crippen LogP contribution in [0.25, 0.3) is 0 Å². The molecule has 0 atom stereocenters. The Morgan fingerprint density at radius 1 is 1.35 bits per heavy atom. The van der Waals surface area contributed by atoms with Gasteiger partial charge in [-0.05, 0) is 24.3 Å². The van der Waals surface area contributed by atoms with Crippen LogP contribution in [0.5, 0.6) is 11.6 Å². The van der Waals surface area contributed by atoms with E-state index in [1.54, 1.807) is 7.05 Å². The van der Waals surface area contributed by atoms with Crippen LogP contribution in [0.3, 0.4) is 0 Å². The second-order valence-corrected chi connectivity index (χ2v) is 6.17. The van der Waals surface area contributed by atoms with Crippen molar-refractivity contribution in [2.45, 2.75) is 4.90 Å². The van der Waals surface area contributed by atoms with Crippen LogP contribution in [0, 0.1) is 0 Å². The molecule has 0 aliphatic heterocycles.